The number of hydrogen-bond acceptors (Lipinski definition) is 5. The number of rotatable bonds is 7. The van der Waals surface area contributed by atoms with Gasteiger partial charge in [-0.05, 0) is 35.4 Å². The van der Waals surface area contributed by atoms with Crippen molar-refractivity contribution in [2.45, 2.75) is 26.4 Å². The molecule has 1 amide bonds. The van der Waals surface area contributed by atoms with Gasteiger partial charge in [-0.15, -0.1) is 0 Å². The van der Waals surface area contributed by atoms with Crippen LogP contribution in [0.1, 0.15) is 41.4 Å². The highest BCUT2D eigenvalue weighted by Crippen LogP contribution is 2.40. The fourth-order valence-electron chi connectivity index (χ4n) is 3.63. The van der Waals surface area contributed by atoms with E-state index in [4.69, 9.17) is 5.11 Å². The third-order valence-electron chi connectivity index (χ3n) is 5.37. The van der Waals surface area contributed by atoms with Gasteiger partial charge in [0.15, 0.2) is 11.5 Å². The van der Waals surface area contributed by atoms with E-state index in [0.29, 0.717) is 11.1 Å². The molecule has 2 aromatic rings. The maximum absolute atomic E-state index is 12.9. The molecule has 2 aromatic carbocycles. The topological polar surface area (TPSA) is 98.2 Å². The number of aliphatic hydroxyl groups is 1. The number of aromatic carboxylic acids is 1. The van der Waals surface area contributed by atoms with Crippen LogP contribution in [0.4, 0.5) is 5.69 Å². The molecule has 31 heavy (non-hydrogen) atoms. The quantitative estimate of drug-likeness (QED) is 0.708. The number of carboxylic acids is 1. The second kappa shape index (κ2) is 8.63. The molecule has 0 aromatic heterocycles. The lowest BCUT2D eigenvalue weighted by atomic mass is 9.91. The van der Waals surface area contributed by atoms with E-state index < -0.39 is 23.7 Å². The molecular weight excluding hydrogens is 396 g/mol. The van der Waals surface area contributed by atoms with Crippen LogP contribution >= 0.6 is 0 Å². The van der Waals surface area contributed by atoms with E-state index in [9.17, 15) is 19.5 Å². The molecule has 0 aliphatic carbocycles. The summed E-state index contributed by atoms with van der Waals surface area (Å²) in [5.41, 5.74) is 2.62. The van der Waals surface area contributed by atoms with Gasteiger partial charge >= 0.3 is 5.97 Å². The second-order valence-corrected chi connectivity index (χ2v) is 8.10. The van der Waals surface area contributed by atoms with Crippen LogP contribution in [0.3, 0.4) is 0 Å². The number of carbonyl (C=O) groups excluding carboxylic acids is 2. The first-order valence-electron chi connectivity index (χ1n) is 9.99. The average Bonchev–Trinajstić information content (AvgIpc) is 2.98. The number of aliphatic hydroxyl groups excluding tert-OH is 1. The van der Waals surface area contributed by atoms with Crippen LogP contribution in [0.5, 0.6) is 0 Å². The van der Waals surface area contributed by atoms with E-state index in [0.717, 1.165) is 5.69 Å². The van der Waals surface area contributed by atoms with E-state index in [1.54, 1.807) is 26.0 Å². The van der Waals surface area contributed by atoms with Gasteiger partial charge in [0.05, 0.1) is 17.2 Å². The number of Topliss-reactive ketones (excluding diaryl/α,β-unsaturated/α-hetero) is 1. The summed E-state index contributed by atoms with van der Waals surface area (Å²) in [5.74, 6) is -2.85. The summed E-state index contributed by atoms with van der Waals surface area (Å²) in [7, 11) is 3.83. The van der Waals surface area contributed by atoms with Crippen LogP contribution in [0, 0.1) is 5.92 Å². The molecular formula is C24H26N2O5. The molecule has 0 bridgehead atoms. The van der Waals surface area contributed by atoms with Crippen LogP contribution in [-0.2, 0) is 16.1 Å². The lowest BCUT2D eigenvalue weighted by molar-refractivity contribution is -0.130. The van der Waals surface area contributed by atoms with E-state index >= 15 is 0 Å². The molecule has 1 heterocycles. The van der Waals surface area contributed by atoms with E-state index in [1.807, 2.05) is 43.3 Å². The minimum atomic E-state index is -1.04. The minimum Gasteiger partial charge on any atom is -0.503 e. The van der Waals surface area contributed by atoms with E-state index in [1.165, 1.54) is 17.0 Å². The Morgan fingerprint density at radius 2 is 1.61 bits per heavy atom. The van der Waals surface area contributed by atoms with Crippen molar-refractivity contribution in [3.8, 4) is 0 Å². The predicted octanol–water partition coefficient (Wildman–Crippen LogP) is 3.57. The molecule has 1 aliphatic rings. The Balaban J connectivity index is 2.02. The van der Waals surface area contributed by atoms with Gasteiger partial charge in [0.2, 0.25) is 0 Å². The lowest BCUT2D eigenvalue weighted by Gasteiger charge is -2.28. The summed E-state index contributed by atoms with van der Waals surface area (Å²) in [6.45, 7) is 3.58. The zero-order valence-corrected chi connectivity index (χ0v) is 18.0. The zero-order chi connectivity index (χ0) is 22.9. The van der Waals surface area contributed by atoms with Gasteiger partial charge in [0.25, 0.3) is 5.91 Å². The molecule has 1 aliphatic heterocycles. The molecule has 2 N–H and O–H groups in total. The first-order chi connectivity index (χ1) is 14.6. The Bertz CT molecular complexity index is 1040. The Kier molecular flexibility index (Phi) is 6.15. The normalized spacial score (nSPS) is 16.2. The van der Waals surface area contributed by atoms with Crippen LogP contribution in [0.25, 0.3) is 0 Å². The van der Waals surface area contributed by atoms with E-state index in [2.05, 4.69) is 0 Å². The first kappa shape index (κ1) is 22.1. The SMILES string of the molecule is CC(C)C(=O)C1=C(O)C(=O)N(Cc2ccc(C(=O)O)cc2)C1c1ccc(N(C)C)cc1. The molecule has 3 rings (SSSR count). The van der Waals surface area contributed by atoms with Crippen molar-refractivity contribution in [1.82, 2.24) is 4.90 Å². The number of carboxylic acid groups (broad SMARTS) is 1. The van der Waals surface area contributed by atoms with Crippen molar-refractivity contribution >= 4 is 23.3 Å². The van der Waals surface area contributed by atoms with Crippen molar-refractivity contribution < 1.29 is 24.6 Å². The summed E-state index contributed by atoms with van der Waals surface area (Å²) in [5, 5.41) is 19.7. The highest BCUT2D eigenvalue weighted by Gasteiger charge is 2.43. The number of carbonyl (C=O) groups is 3. The van der Waals surface area contributed by atoms with Gasteiger partial charge in [0.1, 0.15) is 0 Å². The van der Waals surface area contributed by atoms with Gasteiger partial charge in [-0.25, -0.2) is 4.79 Å². The maximum Gasteiger partial charge on any atom is 0.335 e. The summed E-state index contributed by atoms with van der Waals surface area (Å²) in [4.78, 5) is 40.3. The number of benzene rings is 2. The van der Waals surface area contributed by atoms with Crippen LogP contribution < -0.4 is 4.90 Å². The molecule has 162 valence electrons. The molecule has 1 unspecified atom stereocenters. The summed E-state index contributed by atoms with van der Waals surface area (Å²) < 4.78 is 0. The largest absolute Gasteiger partial charge is 0.503 e. The summed E-state index contributed by atoms with van der Waals surface area (Å²) >= 11 is 0. The summed E-state index contributed by atoms with van der Waals surface area (Å²) in [6, 6.07) is 12.9. The number of anilines is 1. The summed E-state index contributed by atoms with van der Waals surface area (Å²) in [6.07, 6.45) is 0. The lowest BCUT2D eigenvalue weighted by Crippen LogP contribution is -2.31. The van der Waals surface area contributed by atoms with Crippen molar-refractivity contribution in [3.63, 3.8) is 0 Å². The standard InChI is InChI=1S/C24H26N2O5/c1-14(2)21(27)19-20(16-9-11-18(12-10-16)25(3)4)26(23(29)22(19)28)13-15-5-7-17(8-6-15)24(30)31/h5-12,14,20,28H,13H2,1-4H3,(H,30,31). The number of amides is 1. The Morgan fingerprint density at radius 3 is 2.10 bits per heavy atom. The third kappa shape index (κ3) is 4.30. The number of nitrogens with zero attached hydrogens (tertiary/aromatic N) is 2. The Labute approximate surface area is 181 Å². The molecule has 7 nitrogen and oxygen atoms in total. The van der Waals surface area contributed by atoms with Crippen molar-refractivity contribution in [2.75, 3.05) is 19.0 Å². The van der Waals surface area contributed by atoms with Crippen molar-refractivity contribution in [1.29, 1.82) is 0 Å². The highest BCUT2D eigenvalue weighted by atomic mass is 16.4. The van der Waals surface area contributed by atoms with Gasteiger partial charge in [-0.2, -0.15) is 0 Å². The molecule has 0 spiro atoms. The molecule has 0 saturated carbocycles. The maximum atomic E-state index is 12.9. The first-order valence-corrected chi connectivity index (χ1v) is 9.99. The van der Waals surface area contributed by atoms with Crippen LogP contribution in [0.2, 0.25) is 0 Å². The van der Waals surface area contributed by atoms with Gasteiger partial charge < -0.3 is 20.0 Å². The Morgan fingerprint density at radius 1 is 1.03 bits per heavy atom. The molecule has 1 atom stereocenters. The van der Waals surface area contributed by atoms with E-state index in [-0.39, 0.29) is 29.4 Å². The second-order valence-electron chi connectivity index (χ2n) is 8.10. The fraction of sp³-hybridized carbons (Fsp3) is 0.292. The predicted molar refractivity (Wildman–Crippen MR) is 117 cm³/mol. The van der Waals surface area contributed by atoms with Crippen LogP contribution in [0.15, 0.2) is 59.9 Å². The average molecular weight is 422 g/mol. The Hall–Kier alpha value is -3.61. The molecule has 7 heteroatoms. The van der Waals surface area contributed by atoms with Gasteiger partial charge in [-0.3, -0.25) is 9.59 Å². The molecule has 0 radical (unpaired) electrons. The monoisotopic (exact) mass is 422 g/mol. The highest BCUT2D eigenvalue weighted by molar-refractivity contribution is 6.09. The van der Waals surface area contributed by atoms with Crippen molar-refractivity contribution in [2.24, 2.45) is 5.92 Å². The fourth-order valence-corrected chi connectivity index (χ4v) is 3.63. The molecule has 0 fully saturated rings. The minimum absolute atomic E-state index is 0.0970. The molecule has 0 saturated heterocycles. The van der Waals surface area contributed by atoms with Gasteiger partial charge in [0, 0.05) is 32.2 Å². The van der Waals surface area contributed by atoms with Crippen molar-refractivity contribution in [3.05, 3.63) is 76.6 Å². The third-order valence-corrected chi connectivity index (χ3v) is 5.37. The number of hydrogen-bond donors (Lipinski definition) is 2. The van der Waals surface area contributed by atoms with Gasteiger partial charge in [-0.1, -0.05) is 38.1 Å². The number of ketones is 1. The van der Waals surface area contributed by atoms with Crippen LogP contribution in [-0.4, -0.2) is 46.9 Å². The smallest absolute Gasteiger partial charge is 0.335 e. The zero-order valence-electron chi connectivity index (χ0n) is 18.0.